The van der Waals surface area contributed by atoms with Crippen LogP contribution in [0.2, 0.25) is 0 Å². The third kappa shape index (κ3) is 11.4. The van der Waals surface area contributed by atoms with Crippen molar-refractivity contribution in [3.05, 3.63) is 24.3 Å². The normalized spacial score (nSPS) is 13.4. The minimum atomic E-state index is 0.553. The molecular formula is C24H44N2. The van der Waals surface area contributed by atoms with Gasteiger partial charge in [0.05, 0.1) is 0 Å². The number of hydrogen-bond donors (Lipinski definition) is 2. The molecule has 150 valence electrons. The molecule has 1 aromatic carbocycles. The zero-order valence-corrected chi connectivity index (χ0v) is 17.9. The van der Waals surface area contributed by atoms with Gasteiger partial charge in [-0.1, -0.05) is 78.1 Å². The Hall–Kier alpha value is -1.18. The van der Waals surface area contributed by atoms with E-state index in [0.29, 0.717) is 12.1 Å². The van der Waals surface area contributed by atoms with Crippen LogP contribution in [0.4, 0.5) is 11.4 Å². The van der Waals surface area contributed by atoms with E-state index in [1.165, 1.54) is 88.4 Å². The van der Waals surface area contributed by atoms with Crippen LogP contribution in [0, 0.1) is 0 Å². The van der Waals surface area contributed by atoms with Crippen LogP contribution in [-0.2, 0) is 0 Å². The fourth-order valence-corrected chi connectivity index (χ4v) is 3.48. The number of nitrogens with one attached hydrogen (secondary N) is 2. The van der Waals surface area contributed by atoms with Gasteiger partial charge in [0.25, 0.3) is 0 Å². The summed E-state index contributed by atoms with van der Waals surface area (Å²) < 4.78 is 0. The Kier molecular flexibility index (Phi) is 13.1. The van der Waals surface area contributed by atoms with Crippen molar-refractivity contribution < 1.29 is 0 Å². The standard InChI is InChI=1S/C24H44N2/c1-5-7-9-11-13-15-21(3)25-23-17-19-24(20-18-23)26-22(4)16-14-12-10-8-6-2/h17-22,25-26H,5-16H2,1-4H3/t21-,22-/m1/s1. The van der Waals surface area contributed by atoms with Crippen molar-refractivity contribution >= 4 is 11.4 Å². The van der Waals surface area contributed by atoms with Crippen molar-refractivity contribution in [1.82, 2.24) is 0 Å². The van der Waals surface area contributed by atoms with Crippen molar-refractivity contribution in [2.75, 3.05) is 10.6 Å². The predicted octanol–water partition coefficient (Wildman–Crippen LogP) is 8.01. The summed E-state index contributed by atoms with van der Waals surface area (Å²) in [5.41, 5.74) is 2.48. The van der Waals surface area contributed by atoms with Crippen molar-refractivity contribution in [3.8, 4) is 0 Å². The maximum atomic E-state index is 3.64. The molecule has 0 saturated carbocycles. The smallest absolute Gasteiger partial charge is 0.0343 e. The van der Waals surface area contributed by atoms with E-state index in [-0.39, 0.29) is 0 Å². The molecule has 2 heteroatoms. The molecule has 0 spiro atoms. The molecule has 1 rings (SSSR count). The van der Waals surface area contributed by atoms with E-state index in [2.05, 4.69) is 62.6 Å². The van der Waals surface area contributed by atoms with Gasteiger partial charge in [-0.05, 0) is 51.0 Å². The first kappa shape index (κ1) is 22.9. The fourth-order valence-electron chi connectivity index (χ4n) is 3.48. The van der Waals surface area contributed by atoms with Gasteiger partial charge in [0.1, 0.15) is 0 Å². The zero-order chi connectivity index (χ0) is 19.0. The number of unbranched alkanes of at least 4 members (excludes halogenated alkanes) is 8. The Morgan fingerprint density at radius 1 is 0.577 bits per heavy atom. The molecular weight excluding hydrogens is 316 g/mol. The summed E-state index contributed by atoms with van der Waals surface area (Å²) in [4.78, 5) is 0. The molecule has 2 N–H and O–H groups in total. The van der Waals surface area contributed by atoms with Crippen LogP contribution in [0.1, 0.15) is 105 Å². The molecule has 2 atom stereocenters. The van der Waals surface area contributed by atoms with Crippen molar-refractivity contribution in [1.29, 1.82) is 0 Å². The SMILES string of the molecule is CCCCCCC[C@@H](C)Nc1ccc(N[C@H](C)CCCCCCC)cc1. The Bertz CT molecular complexity index is 385. The third-order valence-corrected chi connectivity index (χ3v) is 5.19. The molecule has 0 heterocycles. The summed E-state index contributed by atoms with van der Waals surface area (Å²) in [7, 11) is 0. The van der Waals surface area contributed by atoms with Crippen LogP contribution in [0.3, 0.4) is 0 Å². The van der Waals surface area contributed by atoms with Crippen LogP contribution in [-0.4, -0.2) is 12.1 Å². The Labute approximate surface area is 163 Å². The largest absolute Gasteiger partial charge is 0.383 e. The molecule has 0 saturated heterocycles. The summed E-state index contributed by atoms with van der Waals surface area (Å²) in [6, 6.07) is 9.96. The van der Waals surface area contributed by atoms with E-state index in [4.69, 9.17) is 0 Å². The molecule has 0 radical (unpaired) electrons. The fraction of sp³-hybridized carbons (Fsp3) is 0.750. The van der Waals surface area contributed by atoms with Gasteiger partial charge in [0.2, 0.25) is 0 Å². The molecule has 0 fully saturated rings. The van der Waals surface area contributed by atoms with Crippen LogP contribution >= 0.6 is 0 Å². The second-order valence-electron chi connectivity index (χ2n) is 8.07. The van der Waals surface area contributed by atoms with Gasteiger partial charge in [-0.2, -0.15) is 0 Å². The van der Waals surface area contributed by atoms with Gasteiger partial charge in [0, 0.05) is 23.5 Å². The Morgan fingerprint density at radius 3 is 1.27 bits per heavy atom. The average Bonchev–Trinajstić information content (AvgIpc) is 2.63. The molecule has 0 bridgehead atoms. The molecule has 0 aromatic heterocycles. The lowest BCUT2D eigenvalue weighted by Crippen LogP contribution is -2.16. The highest BCUT2D eigenvalue weighted by molar-refractivity contribution is 5.54. The lowest BCUT2D eigenvalue weighted by atomic mass is 10.1. The molecule has 0 aliphatic carbocycles. The summed E-state index contributed by atoms with van der Waals surface area (Å²) >= 11 is 0. The summed E-state index contributed by atoms with van der Waals surface area (Å²) in [6.45, 7) is 9.15. The topological polar surface area (TPSA) is 24.1 Å². The van der Waals surface area contributed by atoms with E-state index >= 15 is 0 Å². The minimum absolute atomic E-state index is 0.553. The third-order valence-electron chi connectivity index (χ3n) is 5.19. The van der Waals surface area contributed by atoms with Crippen LogP contribution < -0.4 is 10.6 Å². The van der Waals surface area contributed by atoms with E-state index in [1.54, 1.807) is 0 Å². The number of rotatable bonds is 16. The molecule has 1 aromatic rings. The second kappa shape index (κ2) is 14.9. The molecule has 2 nitrogen and oxygen atoms in total. The molecule has 0 aliphatic rings. The van der Waals surface area contributed by atoms with Crippen molar-refractivity contribution in [2.45, 2.75) is 117 Å². The minimum Gasteiger partial charge on any atom is -0.383 e. The first-order chi connectivity index (χ1) is 12.7. The highest BCUT2D eigenvalue weighted by atomic mass is 14.9. The maximum Gasteiger partial charge on any atom is 0.0343 e. The van der Waals surface area contributed by atoms with Gasteiger partial charge >= 0.3 is 0 Å². The van der Waals surface area contributed by atoms with Gasteiger partial charge in [-0.15, -0.1) is 0 Å². The van der Waals surface area contributed by atoms with Crippen LogP contribution in [0.5, 0.6) is 0 Å². The monoisotopic (exact) mass is 360 g/mol. The van der Waals surface area contributed by atoms with E-state index in [1.807, 2.05) is 0 Å². The highest BCUT2D eigenvalue weighted by Gasteiger charge is 2.04. The molecule has 0 unspecified atom stereocenters. The van der Waals surface area contributed by atoms with Crippen molar-refractivity contribution in [3.63, 3.8) is 0 Å². The van der Waals surface area contributed by atoms with Crippen LogP contribution in [0.15, 0.2) is 24.3 Å². The Balaban J connectivity index is 2.21. The van der Waals surface area contributed by atoms with Gasteiger partial charge in [-0.3, -0.25) is 0 Å². The molecule has 26 heavy (non-hydrogen) atoms. The lowest BCUT2D eigenvalue weighted by Gasteiger charge is -2.18. The van der Waals surface area contributed by atoms with E-state index < -0.39 is 0 Å². The zero-order valence-electron chi connectivity index (χ0n) is 17.9. The summed E-state index contributed by atoms with van der Waals surface area (Å²) in [5, 5.41) is 7.28. The first-order valence-electron chi connectivity index (χ1n) is 11.3. The van der Waals surface area contributed by atoms with Gasteiger partial charge in [-0.25, -0.2) is 0 Å². The quantitative estimate of drug-likeness (QED) is 0.292. The first-order valence-corrected chi connectivity index (χ1v) is 11.3. The van der Waals surface area contributed by atoms with Gasteiger partial charge < -0.3 is 10.6 Å². The second-order valence-corrected chi connectivity index (χ2v) is 8.07. The lowest BCUT2D eigenvalue weighted by molar-refractivity contribution is 0.578. The summed E-state index contributed by atoms with van der Waals surface area (Å²) in [5.74, 6) is 0. The molecule has 0 aliphatic heterocycles. The maximum absolute atomic E-state index is 3.64. The molecule has 0 amide bonds. The van der Waals surface area contributed by atoms with Crippen LogP contribution in [0.25, 0.3) is 0 Å². The average molecular weight is 361 g/mol. The number of benzene rings is 1. The highest BCUT2D eigenvalue weighted by Crippen LogP contribution is 2.18. The van der Waals surface area contributed by atoms with E-state index in [0.717, 1.165) is 0 Å². The predicted molar refractivity (Wildman–Crippen MR) is 119 cm³/mol. The van der Waals surface area contributed by atoms with E-state index in [9.17, 15) is 0 Å². The summed E-state index contributed by atoms with van der Waals surface area (Å²) in [6.07, 6.45) is 16.1. The number of hydrogen-bond acceptors (Lipinski definition) is 2. The number of anilines is 2. The Morgan fingerprint density at radius 2 is 0.923 bits per heavy atom. The van der Waals surface area contributed by atoms with Gasteiger partial charge in [0.15, 0.2) is 0 Å². The van der Waals surface area contributed by atoms with Crippen molar-refractivity contribution in [2.24, 2.45) is 0 Å².